The molecular weight excluding hydrogens is 404 g/mol. The number of imidazole rings is 1. The van der Waals surface area contributed by atoms with Crippen LogP contribution in [0.2, 0.25) is 0 Å². The second-order valence-electron chi connectivity index (χ2n) is 6.85. The van der Waals surface area contributed by atoms with Gasteiger partial charge in [-0.15, -0.1) is 0 Å². The summed E-state index contributed by atoms with van der Waals surface area (Å²) >= 11 is 0. The summed E-state index contributed by atoms with van der Waals surface area (Å²) in [6.45, 7) is 0.680. The third-order valence-electron chi connectivity index (χ3n) is 4.98. The van der Waals surface area contributed by atoms with Gasteiger partial charge in [-0.25, -0.2) is 18.4 Å². The van der Waals surface area contributed by atoms with Gasteiger partial charge in [0, 0.05) is 18.9 Å². The number of aromatic nitrogens is 3. The lowest BCUT2D eigenvalue weighted by atomic mass is 10.1. The molecule has 0 atom stereocenters. The van der Waals surface area contributed by atoms with Gasteiger partial charge in [-0.05, 0) is 54.4 Å². The zero-order valence-electron chi connectivity index (χ0n) is 15.9. The van der Waals surface area contributed by atoms with Crippen LogP contribution in [0.1, 0.15) is 11.3 Å². The molecule has 0 saturated heterocycles. The van der Waals surface area contributed by atoms with E-state index in [0.29, 0.717) is 30.2 Å². The summed E-state index contributed by atoms with van der Waals surface area (Å²) in [5, 5.41) is 0. The van der Waals surface area contributed by atoms with Gasteiger partial charge in [0.15, 0.2) is 0 Å². The van der Waals surface area contributed by atoms with E-state index in [1.54, 1.807) is 66.1 Å². The van der Waals surface area contributed by atoms with Crippen molar-refractivity contribution in [2.75, 3.05) is 6.54 Å². The maximum Gasteiger partial charge on any atom is 0.243 e. The van der Waals surface area contributed by atoms with Gasteiger partial charge >= 0.3 is 0 Å². The van der Waals surface area contributed by atoms with E-state index in [9.17, 15) is 8.42 Å². The third kappa shape index (κ3) is 3.49. The number of rotatable bonds is 5. The summed E-state index contributed by atoms with van der Waals surface area (Å²) in [7, 11) is -3.61. The van der Waals surface area contributed by atoms with Gasteiger partial charge in [-0.2, -0.15) is 4.31 Å². The smallest absolute Gasteiger partial charge is 0.243 e. The first-order valence-electron chi connectivity index (χ1n) is 9.37. The largest absolute Gasteiger partial charge is 0.468 e. The third-order valence-corrected chi connectivity index (χ3v) is 6.83. The van der Waals surface area contributed by atoms with Crippen LogP contribution in [0.3, 0.4) is 0 Å². The molecule has 0 aliphatic carbocycles. The number of hydrogen-bond acceptors (Lipinski definition) is 6. The van der Waals surface area contributed by atoms with Crippen molar-refractivity contribution in [3.8, 4) is 17.3 Å². The number of furan rings is 1. The molecule has 4 heterocycles. The summed E-state index contributed by atoms with van der Waals surface area (Å²) in [5.41, 5.74) is 1.07. The first-order chi connectivity index (χ1) is 14.6. The van der Waals surface area contributed by atoms with Crippen LogP contribution >= 0.6 is 0 Å². The molecular formula is C21H18N4O4S. The molecule has 4 aromatic rings. The van der Waals surface area contributed by atoms with Gasteiger partial charge in [-0.1, -0.05) is 0 Å². The topological polar surface area (TPSA) is 90.5 Å². The molecule has 1 aliphatic rings. The molecule has 0 unspecified atom stereocenters. The van der Waals surface area contributed by atoms with Crippen molar-refractivity contribution in [2.24, 2.45) is 0 Å². The van der Waals surface area contributed by atoms with Gasteiger partial charge in [0.1, 0.15) is 29.4 Å². The summed E-state index contributed by atoms with van der Waals surface area (Å²) in [4.78, 5) is 8.55. The molecule has 30 heavy (non-hydrogen) atoms. The molecule has 0 spiro atoms. The molecule has 0 N–H and O–H groups in total. The predicted octanol–water partition coefficient (Wildman–Crippen LogP) is 3.40. The van der Waals surface area contributed by atoms with Crippen LogP contribution in [0.25, 0.3) is 5.82 Å². The van der Waals surface area contributed by atoms with E-state index in [1.165, 1.54) is 4.31 Å². The van der Waals surface area contributed by atoms with E-state index in [1.807, 2.05) is 12.1 Å². The Morgan fingerprint density at radius 1 is 1.03 bits per heavy atom. The Kier molecular flexibility index (Phi) is 4.61. The maximum absolute atomic E-state index is 13.0. The molecule has 0 bridgehead atoms. The highest BCUT2D eigenvalue weighted by molar-refractivity contribution is 7.89. The van der Waals surface area contributed by atoms with Crippen LogP contribution < -0.4 is 4.74 Å². The van der Waals surface area contributed by atoms with Crippen molar-refractivity contribution in [1.82, 2.24) is 18.8 Å². The predicted molar refractivity (Wildman–Crippen MR) is 108 cm³/mol. The van der Waals surface area contributed by atoms with Crippen molar-refractivity contribution in [3.05, 3.63) is 85.0 Å². The van der Waals surface area contributed by atoms with Gasteiger partial charge < -0.3 is 9.15 Å². The van der Waals surface area contributed by atoms with E-state index in [-0.39, 0.29) is 11.4 Å². The Labute approximate surface area is 173 Å². The fourth-order valence-corrected chi connectivity index (χ4v) is 4.76. The monoisotopic (exact) mass is 422 g/mol. The van der Waals surface area contributed by atoms with Gasteiger partial charge in [0.25, 0.3) is 0 Å². The average molecular weight is 422 g/mol. The fraction of sp³-hybridized carbons (Fsp3) is 0.143. The number of pyridine rings is 1. The molecule has 0 saturated carbocycles. The molecule has 152 valence electrons. The maximum atomic E-state index is 13.0. The standard InChI is InChI=1S/C21H18N4O4S/c26-30(27,25-10-7-16-8-12-28-20(16)14-25)19-4-1-17(2-5-19)29-18-3-6-21(23-13-18)24-11-9-22-15-24/h1-6,8-9,11-13,15H,7,10,14H2. The Balaban J connectivity index is 1.29. The van der Waals surface area contributed by atoms with Crippen LogP contribution in [-0.2, 0) is 23.0 Å². The highest BCUT2D eigenvalue weighted by atomic mass is 32.2. The molecule has 8 nitrogen and oxygen atoms in total. The summed E-state index contributed by atoms with van der Waals surface area (Å²) in [5.74, 6) is 2.51. The minimum absolute atomic E-state index is 0.221. The highest BCUT2D eigenvalue weighted by Gasteiger charge is 2.29. The number of benzene rings is 1. The lowest BCUT2D eigenvalue weighted by molar-refractivity contribution is 0.343. The lowest BCUT2D eigenvalue weighted by Crippen LogP contribution is -2.35. The van der Waals surface area contributed by atoms with Gasteiger partial charge in [0.05, 0.1) is 23.9 Å². The normalized spacial score (nSPS) is 14.4. The van der Waals surface area contributed by atoms with Crippen LogP contribution in [-0.4, -0.2) is 33.8 Å². The molecule has 1 aliphatic heterocycles. The van der Waals surface area contributed by atoms with Crippen molar-refractivity contribution < 1.29 is 17.6 Å². The minimum atomic E-state index is -3.61. The Hall–Kier alpha value is -3.43. The van der Waals surface area contributed by atoms with Crippen LogP contribution in [0.15, 0.2) is 83.0 Å². The van der Waals surface area contributed by atoms with E-state index in [4.69, 9.17) is 9.15 Å². The minimum Gasteiger partial charge on any atom is -0.468 e. The molecule has 0 amide bonds. The van der Waals surface area contributed by atoms with Crippen molar-refractivity contribution in [1.29, 1.82) is 0 Å². The van der Waals surface area contributed by atoms with Crippen molar-refractivity contribution in [3.63, 3.8) is 0 Å². The molecule has 9 heteroatoms. The molecule has 5 rings (SSSR count). The zero-order chi connectivity index (χ0) is 20.6. The highest BCUT2D eigenvalue weighted by Crippen LogP contribution is 2.28. The van der Waals surface area contributed by atoms with E-state index in [2.05, 4.69) is 9.97 Å². The summed E-state index contributed by atoms with van der Waals surface area (Å²) in [6, 6.07) is 11.9. The first kappa shape index (κ1) is 18.6. The van der Waals surface area contributed by atoms with Crippen LogP contribution in [0.4, 0.5) is 0 Å². The SMILES string of the molecule is O=S(=O)(c1ccc(Oc2ccc(-n3ccnc3)nc2)cc1)N1CCc2ccoc2C1. The van der Waals surface area contributed by atoms with E-state index >= 15 is 0 Å². The van der Waals surface area contributed by atoms with Gasteiger partial charge in [0.2, 0.25) is 10.0 Å². The number of ether oxygens (including phenoxy) is 1. The van der Waals surface area contributed by atoms with Gasteiger partial charge in [-0.3, -0.25) is 4.57 Å². The number of nitrogens with zero attached hydrogens (tertiary/aromatic N) is 4. The Morgan fingerprint density at radius 3 is 2.60 bits per heavy atom. The van der Waals surface area contributed by atoms with E-state index in [0.717, 1.165) is 11.4 Å². The lowest BCUT2D eigenvalue weighted by Gasteiger charge is -2.25. The van der Waals surface area contributed by atoms with Crippen molar-refractivity contribution >= 4 is 10.0 Å². The second-order valence-corrected chi connectivity index (χ2v) is 8.79. The summed E-state index contributed by atoms with van der Waals surface area (Å²) < 4.78 is 40.3. The Bertz CT molecular complexity index is 1250. The quantitative estimate of drug-likeness (QED) is 0.490. The van der Waals surface area contributed by atoms with Crippen LogP contribution in [0, 0.1) is 0 Å². The molecule has 1 aromatic carbocycles. The number of sulfonamides is 1. The Morgan fingerprint density at radius 2 is 1.87 bits per heavy atom. The molecule has 0 radical (unpaired) electrons. The van der Waals surface area contributed by atoms with E-state index < -0.39 is 10.0 Å². The molecule has 3 aromatic heterocycles. The van der Waals surface area contributed by atoms with Crippen molar-refractivity contribution in [2.45, 2.75) is 17.9 Å². The summed E-state index contributed by atoms with van der Waals surface area (Å²) in [6.07, 6.45) is 9.00. The number of fused-ring (bicyclic) bond motifs is 1. The second kappa shape index (κ2) is 7.43. The van der Waals surface area contributed by atoms with Crippen LogP contribution in [0.5, 0.6) is 11.5 Å². The average Bonchev–Trinajstić information content (AvgIpc) is 3.46. The first-order valence-corrected chi connectivity index (χ1v) is 10.8. The fourth-order valence-electron chi connectivity index (χ4n) is 3.36. The number of hydrogen-bond donors (Lipinski definition) is 0. The zero-order valence-corrected chi connectivity index (χ0v) is 16.7. The molecule has 0 fully saturated rings.